The van der Waals surface area contributed by atoms with Crippen LogP contribution in [0.2, 0.25) is 0 Å². The number of hydrogen-bond donors (Lipinski definition) is 1. The van der Waals surface area contributed by atoms with Crippen molar-refractivity contribution in [2.24, 2.45) is 0 Å². The van der Waals surface area contributed by atoms with Gasteiger partial charge in [0.2, 0.25) is 5.00 Å². The van der Waals surface area contributed by atoms with E-state index in [1.54, 1.807) is 32.9 Å². The molecular formula is C15H19Cl2NO5. The topological polar surface area (TPSA) is 76.1 Å². The SMILES string of the molecule is COC(=O)[C@@](Cl)(Cc1ccc(O)cc1)N(Cl)C(=O)OC(C)(C)C. The van der Waals surface area contributed by atoms with Crippen LogP contribution in [-0.2, 0) is 20.7 Å². The van der Waals surface area contributed by atoms with Gasteiger partial charge in [0, 0.05) is 18.2 Å². The first-order valence-electron chi connectivity index (χ1n) is 6.74. The lowest BCUT2D eigenvalue weighted by atomic mass is 10.1. The van der Waals surface area contributed by atoms with Crippen molar-refractivity contribution < 1.29 is 24.2 Å². The summed E-state index contributed by atoms with van der Waals surface area (Å²) in [4.78, 5) is 22.2. The van der Waals surface area contributed by atoms with Crippen molar-refractivity contribution in [3.8, 4) is 5.75 Å². The molecule has 0 heterocycles. The van der Waals surface area contributed by atoms with Gasteiger partial charge in [-0.15, -0.1) is 0 Å². The van der Waals surface area contributed by atoms with Gasteiger partial charge in [-0.3, -0.25) is 0 Å². The van der Waals surface area contributed by atoms with Gasteiger partial charge in [0.05, 0.1) is 7.11 Å². The highest BCUT2D eigenvalue weighted by atomic mass is 35.5. The number of phenols is 1. The normalized spacial score (nSPS) is 13.8. The summed E-state index contributed by atoms with van der Waals surface area (Å²) in [6.45, 7) is 4.97. The highest BCUT2D eigenvalue weighted by molar-refractivity contribution is 6.39. The molecule has 1 rings (SSSR count). The molecule has 0 aromatic heterocycles. The highest BCUT2D eigenvalue weighted by Gasteiger charge is 2.47. The Labute approximate surface area is 145 Å². The van der Waals surface area contributed by atoms with E-state index in [-0.39, 0.29) is 12.2 Å². The van der Waals surface area contributed by atoms with Crippen LogP contribution in [0.3, 0.4) is 0 Å². The monoisotopic (exact) mass is 363 g/mol. The Bertz CT molecular complexity index is 570. The minimum absolute atomic E-state index is 0.0573. The summed E-state index contributed by atoms with van der Waals surface area (Å²) in [5, 5.41) is 9.30. The van der Waals surface area contributed by atoms with E-state index in [0.717, 1.165) is 7.11 Å². The lowest BCUT2D eigenvalue weighted by Crippen LogP contribution is -2.51. The van der Waals surface area contributed by atoms with Crippen LogP contribution >= 0.6 is 23.4 Å². The number of carbonyl (C=O) groups excluding carboxylic acids is 2. The molecule has 6 nitrogen and oxygen atoms in total. The molecule has 0 bridgehead atoms. The van der Waals surface area contributed by atoms with Gasteiger partial charge in [0.25, 0.3) is 0 Å². The summed E-state index contributed by atoms with van der Waals surface area (Å²) < 4.78 is 10.3. The number of alkyl halides is 1. The van der Waals surface area contributed by atoms with Crippen molar-refractivity contribution in [3.05, 3.63) is 29.8 Å². The van der Waals surface area contributed by atoms with E-state index in [0.29, 0.717) is 9.98 Å². The minimum atomic E-state index is -1.99. The molecule has 0 spiro atoms. The number of ether oxygens (including phenoxy) is 2. The van der Waals surface area contributed by atoms with Crippen LogP contribution in [-0.4, -0.2) is 39.3 Å². The Kier molecular flexibility index (Phi) is 6.13. The van der Waals surface area contributed by atoms with Crippen LogP contribution < -0.4 is 0 Å². The van der Waals surface area contributed by atoms with E-state index in [4.69, 9.17) is 28.1 Å². The summed E-state index contributed by atoms with van der Waals surface area (Å²) in [5.74, 6) is -0.852. The number of aromatic hydroxyl groups is 1. The summed E-state index contributed by atoms with van der Waals surface area (Å²) in [6, 6.07) is 5.95. The number of amides is 1. The molecule has 0 aliphatic heterocycles. The van der Waals surface area contributed by atoms with E-state index < -0.39 is 22.7 Å². The number of halogens is 2. The number of benzene rings is 1. The predicted molar refractivity (Wildman–Crippen MR) is 86.3 cm³/mol. The Morgan fingerprint density at radius 3 is 2.17 bits per heavy atom. The fraction of sp³-hybridized carbons (Fsp3) is 0.467. The van der Waals surface area contributed by atoms with Gasteiger partial charge >= 0.3 is 12.1 Å². The smallest absolute Gasteiger partial charge is 0.427 e. The Hall–Kier alpha value is -1.66. The van der Waals surface area contributed by atoms with Crippen molar-refractivity contribution in [1.82, 2.24) is 4.42 Å². The first kappa shape index (κ1) is 19.4. The number of methoxy groups -OCH3 is 1. The zero-order valence-electron chi connectivity index (χ0n) is 13.3. The first-order valence-corrected chi connectivity index (χ1v) is 7.45. The number of hydrogen-bond acceptors (Lipinski definition) is 5. The molecule has 1 atom stereocenters. The van der Waals surface area contributed by atoms with Gasteiger partial charge < -0.3 is 14.6 Å². The minimum Gasteiger partial charge on any atom is -0.508 e. The Morgan fingerprint density at radius 1 is 1.22 bits per heavy atom. The maximum absolute atomic E-state index is 12.1. The number of nitrogens with zero attached hydrogens (tertiary/aromatic N) is 1. The predicted octanol–water partition coefficient (Wildman–Crippen LogP) is 3.43. The molecule has 0 fully saturated rings. The van der Waals surface area contributed by atoms with E-state index in [1.807, 2.05) is 0 Å². The zero-order valence-corrected chi connectivity index (χ0v) is 14.8. The molecule has 0 saturated carbocycles. The molecule has 23 heavy (non-hydrogen) atoms. The van der Waals surface area contributed by atoms with Crippen molar-refractivity contribution in [1.29, 1.82) is 0 Å². The lowest BCUT2D eigenvalue weighted by Gasteiger charge is -2.32. The lowest BCUT2D eigenvalue weighted by molar-refractivity contribution is -0.147. The molecule has 0 saturated heterocycles. The van der Waals surface area contributed by atoms with E-state index in [9.17, 15) is 14.7 Å². The molecule has 1 aromatic carbocycles. The Balaban J connectivity index is 3.08. The van der Waals surface area contributed by atoms with E-state index in [1.165, 1.54) is 12.1 Å². The van der Waals surface area contributed by atoms with Crippen molar-refractivity contribution in [2.45, 2.75) is 37.8 Å². The van der Waals surface area contributed by atoms with E-state index in [2.05, 4.69) is 4.74 Å². The quantitative estimate of drug-likeness (QED) is 0.383. The van der Waals surface area contributed by atoms with Crippen LogP contribution in [0.1, 0.15) is 26.3 Å². The molecule has 1 N–H and O–H groups in total. The second-order valence-electron chi connectivity index (χ2n) is 5.86. The third kappa shape index (κ3) is 5.18. The maximum Gasteiger partial charge on any atom is 0.427 e. The largest absolute Gasteiger partial charge is 0.508 e. The highest BCUT2D eigenvalue weighted by Crippen LogP contribution is 2.31. The van der Waals surface area contributed by atoms with Crippen molar-refractivity contribution >= 4 is 35.4 Å². The third-order valence-electron chi connectivity index (χ3n) is 2.74. The summed E-state index contributed by atoms with van der Waals surface area (Å²) >= 11 is 12.3. The molecule has 1 aromatic rings. The van der Waals surface area contributed by atoms with Crippen LogP contribution in [0, 0.1) is 0 Å². The van der Waals surface area contributed by atoms with Crippen LogP contribution in [0.15, 0.2) is 24.3 Å². The number of phenolic OH excluding ortho intramolecular Hbond substituents is 1. The van der Waals surface area contributed by atoms with E-state index >= 15 is 0 Å². The van der Waals surface area contributed by atoms with Crippen molar-refractivity contribution in [3.63, 3.8) is 0 Å². The van der Waals surface area contributed by atoms with Gasteiger partial charge in [0.1, 0.15) is 11.4 Å². The molecular weight excluding hydrogens is 345 g/mol. The molecule has 1 amide bonds. The maximum atomic E-state index is 12.1. The standard InChI is InChI=1S/C15H19Cl2NO5/c1-14(2,3)23-13(21)18(17)15(16,12(20)22-4)9-10-5-7-11(19)8-6-10/h5-8,19H,9H2,1-4H3/t15-/m1/s1. The van der Waals surface area contributed by atoms with Crippen LogP contribution in [0.4, 0.5) is 4.79 Å². The summed E-state index contributed by atoms with van der Waals surface area (Å²) in [5.41, 5.74) is -0.242. The fourth-order valence-electron chi connectivity index (χ4n) is 1.71. The molecule has 0 radical (unpaired) electrons. The Morgan fingerprint density at radius 2 is 1.74 bits per heavy atom. The molecule has 0 aliphatic rings. The number of carbonyl (C=O) groups is 2. The second-order valence-corrected chi connectivity index (χ2v) is 6.82. The first-order chi connectivity index (χ1) is 10.5. The summed E-state index contributed by atoms with van der Waals surface area (Å²) in [6.07, 6.45) is -1.11. The third-order valence-corrected chi connectivity index (χ3v) is 3.71. The number of rotatable bonds is 4. The average Bonchev–Trinajstić information content (AvgIpc) is 2.46. The second kappa shape index (κ2) is 7.27. The zero-order chi connectivity index (χ0) is 17.8. The van der Waals surface area contributed by atoms with Crippen LogP contribution in [0.25, 0.3) is 0 Å². The molecule has 8 heteroatoms. The van der Waals surface area contributed by atoms with Crippen LogP contribution in [0.5, 0.6) is 5.75 Å². The van der Waals surface area contributed by atoms with Gasteiger partial charge in [0.15, 0.2) is 0 Å². The van der Waals surface area contributed by atoms with Gasteiger partial charge in [-0.05, 0) is 38.5 Å². The number of esters is 1. The fourth-order valence-corrected chi connectivity index (χ4v) is 2.17. The summed E-state index contributed by atoms with van der Waals surface area (Å²) in [7, 11) is 1.14. The average molecular weight is 364 g/mol. The van der Waals surface area contributed by atoms with Crippen molar-refractivity contribution in [2.75, 3.05) is 7.11 Å². The molecule has 128 valence electrons. The van der Waals surface area contributed by atoms with Gasteiger partial charge in [-0.25, -0.2) is 9.59 Å². The molecule has 0 aliphatic carbocycles. The molecule has 0 unspecified atom stereocenters. The van der Waals surface area contributed by atoms with Gasteiger partial charge in [-0.2, -0.15) is 4.42 Å². The van der Waals surface area contributed by atoms with Gasteiger partial charge in [-0.1, -0.05) is 23.7 Å².